The van der Waals surface area contributed by atoms with Crippen molar-refractivity contribution >= 4 is 17.6 Å². The first-order valence-electron chi connectivity index (χ1n) is 8.86. The molecule has 0 saturated carbocycles. The van der Waals surface area contributed by atoms with Gasteiger partial charge in [-0.3, -0.25) is 18.8 Å². The fraction of sp³-hybridized carbons (Fsp3) is 0.389. The van der Waals surface area contributed by atoms with Gasteiger partial charge in [0.2, 0.25) is 0 Å². The van der Waals surface area contributed by atoms with E-state index in [9.17, 15) is 14.7 Å². The summed E-state index contributed by atoms with van der Waals surface area (Å²) >= 11 is 0. The molecule has 3 aromatic heterocycles. The summed E-state index contributed by atoms with van der Waals surface area (Å²) in [7, 11) is 1.53. The minimum Gasteiger partial charge on any atom is -0.478 e. The van der Waals surface area contributed by atoms with Crippen LogP contribution in [0.2, 0.25) is 0 Å². The Hall–Kier alpha value is -3.43. The molecule has 0 aliphatic heterocycles. The zero-order valence-electron chi connectivity index (χ0n) is 16.5. The number of carbonyl (C=O) groups excluding carboxylic acids is 1. The molecule has 0 radical (unpaired) electrons. The van der Waals surface area contributed by atoms with E-state index < -0.39 is 11.9 Å². The average molecular weight is 385 g/mol. The summed E-state index contributed by atoms with van der Waals surface area (Å²) in [4.78, 5) is 24.0. The van der Waals surface area contributed by atoms with Crippen molar-refractivity contribution < 1.29 is 14.7 Å². The van der Waals surface area contributed by atoms with Crippen molar-refractivity contribution in [1.29, 1.82) is 0 Å². The number of anilines is 1. The van der Waals surface area contributed by atoms with E-state index in [0.717, 1.165) is 29.7 Å². The maximum atomic E-state index is 12.7. The number of hydrogen-bond donors (Lipinski definition) is 2. The van der Waals surface area contributed by atoms with E-state index in [-0.39, 0.29) is 11.3 Å². The van der Waals surface area contributed by atoms with Gasteiger partial charge in [-0.25, -0.2) is 4.79 Å². The molecule has 3 rings (SSSR count). The van der Waals surface area contributed by atoms with E-state index in [1.165, 1.54) is 11.7 Å². The highest BCUT2D eigenvalue weighted by Gasteiger charge is 2.24. The SMILES string of the molecule is CCn1ncc(Cn2nc(C)c(NC(=O)c3c(C(=O)O)cnn3C)c2C)c1C. The minimum atomic E-state index is -1.20. The molecule has 28 heavy (non-hydrogen) atoms. The zero-order valence-corrected chi connectivity index (χ0v) is 16.5. The van der Waals surface area contributed by atoms with Crippen LogP contribution >= 0.6 is 0 Å². The van der Waals surface area contributed by atoms with E-state index in [4.69, 9.17) is 0 Å². The van der Waals surface area contributed by atoms with Crippen LogP contribution in [0.4, 0.5) is 5.69 Å². The van der Waals surface area contributed by atoms with Gasteiger partial charge < -0.3 is 10.4 Å². The molecule has 148 valence electrons. The molecule has 10 nitrogen and oxygen atoms in total. The smallest absolute Gasteiger partial charge is 0.339 e. The number of carbonyl (C=O) groups is 2. The molecule has 3 aromatic rings. The van der Waals surface area contributed by atoms with E-state index in [1.54, 1.807) is 11.6 Å². The number of nitrogens with one attached hydrogen (secondary N) is 1. The lowest BCUT2D eigenvalue weighted by atomic mass is 10.2. The van der Waals surface area contributed by atoms with Gasteiger partial charge >= 0.3 is 5.97 Å². The third-order valence-electron chi connectivity index (χ3n) is 4.83. The van der Waals surface area contributed by atoms with Gasteiger partial charge in [0.15, 0.2) is 0 Å². The summed E-state index contributed by atoms with van der Waals surface area (Å²) < 4.78 is 4.96. The van der Waals surface area contributed by atoms with Crippen molar-refractivity contribution in [2.75, 3.05) is 5.32 Å². The second-order valence-electron chi connectivity index (χ2n) is 6.56. The highest BCUT2D eigenvalue weighted by molar-refractivity contribution is 6.09. The van der Waals surface area contributed by atoms with Crippen LogP contribution < -0.4 is 5.32 Å². The molecule has 0 spiro atoms. The lowest BCUT2D eigenvalue weighted by Gasteiger charge is -2.08. The molecule has 0 aromatic carbocycles. The van der Waals surface area contributed by atoms with Crippen molar-refractivity contribution in [2.24, 2.45) is 7.05 Å². The van der Waals surface area contributed by atoms with Crippen molar-refractivity contribution in [3.63, 3.8) is 0 Å². The first-order chi connectivity index (χ1) is 13.2. The van der Waals surface area contributed by atoms with Crippen LogP contribution in [0, 0.1) is 20.8 Å². The predicted octanol–water partition coefficient (Wildman–Crippen LogP) is 1.76. The monoisotopic (exact) mass is 385 g/mol. The molecule has 0 atom stereocenters. The summed E-state index contributed by atoms with van der Waals surface area (Å²) in [5.41, 5.74) is 3.93. The van der Waals surface area contributed by atoms with Crippen LogP contribution in [0.3, 0.4) is 0 Å². The van der Waals surface area contributed by atoms with E-state index in [0.29, 0.717) is 17.9 Å². The number of carboxylic acid groups (broad SMARTS) is 1. The van der Waals surface area contributed by atoms with E-state index in [2.05, 4.69) is 20.6 Å². The van der Waals surface area contributed by atoms with Crippen LogP contribution in [-0.4, -0.2) is 46.3 Å². The topological polar surface area (TPSA) is 120 Å². The Balaban J connectivity index is 1.88. The van der Waals surface area contributed by atoms with Gasteiger partial charge in [0, 0.05) is 24.8 Å². The Kier molecular flexibility index (Phi) is 5.04. The van der Waals surface area contributed by atoms with Crippen molar-refractivity contribution in [3.8, 4) is 0 Å². The minimum absolute atomic E-state index is 0.0147. The Labute approximate surface area is 161 Å². The number of amides is 1. The van der Waals surface area contributed by atoms with Crippen LogP contribution in [0.5, 0.6) is 0 Å². The molecule has 0 aliphatic carbocycles. The van der Waals surface area contributed by atoms with Crippen molar-refractivity contribution in [2.45, 2.75) is 40.8 Å². The Bertz CT molecular complexity index is 1060. The van der Waals surface area contributed by atoms with Gasteiger partial charge in [0.1, 0.15) is 11.3 Å². The maximum absolute atomic E-state index is 12.7. The lowest BCUT2D eigenvalue weighted by molar-refractivity contribution is 0.0692. The summed E-state index contributed by atoms with van der Waals surface area (Å²) in [6.45, 7) is 9.02. The van der Waals surface area contributed by atoms with Gasteiger partial charge in [-0.05, 0) is 27.7 Å². The van der Waals surface area contributed by atoms with Gasteiger partial charge in [0.25, 0.3) is 5.91 Å². The Morgan fingerprint density at radius 2 is 1.82 bits per heavy atom. The Morgan fingerprint density at radius 1 is 1.11 bits per heavy atom. The zero-order chi connectivity index (χ0) is 20.6. The number of aromatic carboxylic acids is 1. The first kappa shape index (κ1) is 19.3. The van der Waals surface area contributed by atoms with Gasteiger partial charge in [0.05, 0.1) is 36.0 Å². The molecule has 0 unspecified atom stereocenters. The largest absolute Gasteiger partial charge is 0.478 e. The van der Waals surface area contributed by atoms with Gasteiger partial charge in [-0.2, -0.15) is 15.3 Å². The fourth-order valence-corrected chi connectivity index (χ4v) is 3.19. The highest BCUT2D eigenvalue weighted by Crippen LogP contribution is 2.22. The van der Waals surface area contributed by atoms with Crippen LogP contribution in [-0.2, 0) is 20.1 Å². The Morgan fingerprint density at radius 3 is 2.43 bits per heavy atom. The van der Waals surface area contributed by atoms with Crippen molar-refractivity contribution in [3.05, 3.63) is 46.3 Å². The third-order valence-corrected chi connectivity index (χ3v) is 4.83. The summed E-state index contributed by atoms with van der Waals surface area (Å²) in [6.07, 6.45) is 2.98. The van der Waals surface area contributed by atoms with Gasteiger partial charge in [-0.1, -0.05) is 0 Å². The number of hydrogen-bond acceptors (Lipinski definition) is 5. The molecule has 0 aliphatic rings. The van der Waals surface area contributed by atoms with Crippen LogP contribution in [0.1, 0.15) is 50.4 Å². The summed E-state index contributed by atoms with van der Waals surface area (Å²) in [6, 6.07) is 0. The van der Waals surface area contributed by atoms with Crippen LogP contribution in [0.25, 0.3) is 0 Å². The predicted molar refractivity (Wildman–Crippen MR) is 102 cm³/mol. The molecule has 0 bridgehead atoms. The highest BCUT2D eigenvalue weighted by atomic mass is 16.4. The standard InChI is InChI=1S/C18H23N7O3/c1-6-24-11(3)13(7-20-24)9-25-12(4)15(10(2)22-25)21-17(26)16-14(18(27)28)8-19-23(16)5/h7-8H,6,9H2,1-5H3,(H,21,26)(H,27,28). The summed E-state index contributed by atoms with van der Waals surface area (Å²) in [5, 5.41) is 24.8. The van der Waals surface area contributed by atoms with Gasteiger partial charge in [-0.15, -0.1) is 0 Å². The molecule has 2 N–H and O–H groups in total. The number of rotatable bonds is 6. The number of aryl methyl sites for hydroxylation is 3. The molecule has 1 amide bonds. The normalized spacial score (nSPS) is 11.0. The van der Waals surface area contributed by atoms with Crippen molar-refractivity contribution in [1.82, 2.24) is 29.3 Å². The van der Waals surface area contributed by atoms with Crippen LogP contribution in [0.15, 0.2) is 12.4 Å². The van der Waals surface area contributed by atoms with E-state index >= 15 is 0 Å². The molecular formula is C18H23N7O3. The fourth-order valence-electron chi connectivity index (χ4n) is 3.19. The molecule has 10 heteroatoms. The second-order valence-corrected chi connectivity index (χ2v) is 6.56. The lowest BCUT2D eigenvalue weighted by Crippen LogP contribution is -2.20. The number of carboxylic acids is 1. The molecule has 0 fully saturated rings. The average Bonchev–Trinajstić information content (AvgIpc) is 3.28. The first-order valence-corrected chi connectivity index (χ1v) is 8.86. The molecular weight excluding hydrogens is 362 g/mol. The number of nitrogens with zero attached hydrogens (tertiary/aromatic N) is 6. The number of aromatic nitrogens is 6. The second kappa shape index (κ2) is 7.29. The quantitative estimate of drug-likeness (QED) is 0.667. The molecule has 3 heterocycles. The van der Waals surface area contributed by atoms with E-state index in [1.807, 2.05) is 31.6 Å². The third kappa shape index (κ3) is 3.28. The molecule has 0 saturated heterocycles. The summed E-state index contributed by atoms with van der Waals surface area (Å²) in [5.74, 6) is -1.75. The maximum Gasteiger partial charge on any atom is 0.339 e.